The van der Waals surface area contributed by atoms with Gasteiger partial charge in [-0.2, -0.15) is 5.10 Å². The lowest BCUT2D eigenvalue weighted by molar-refractivity contribution is -0.119. The summed E-state index contributed by atoms with van der Waals surface area (Å²) < 4.78 is 1.69. The summed E-state index contributed by atoms with van der Waals surface area (Å²) in [6, 6.07) is 7.07. The zero-order valence-electron chi connectivity index (χ0n) is 12.8. The van der Waals surface area contributed by atoms with Crippen LogP contribution in [0.1, 0.15) is 12.5 Å². The molecule has 1 unspecified atom stereocenters. The lowest BCUT2D eigenvalue weighted by atomic mass is 10.1. The summed E-state index contributed by atoms with van der Waals surface area (Å²) in [5, 5.41) is 11.2. The van der Waals surface area contributed by atoms with E-state index in [9.17, 15) is 4.79 Å². The van der Waals surface area contributed by atoms with E-state index in [1.54, 1.807) is 29.1 Å². The second kappa shape index (κ2) is 9.13. The maximum Gasteiger partial charge on any atom is 0.229 e. The lowest BCUT2D eigenvalue weighted by Crippen LogP contribution is -2.29. The lowest BCUT2D eigenvalue weighted by Gasteiger charge is -2.13. The highest BCUT2D eigenvalue weighted by molar-refractivity contribution is 6.35. The molecule has 2 N–H and O–H groups in total. The van der Waals surface area contributed by atoms with E-state index in [-0.39, 0.29) is 24.2 Å². The Hall–Kier alpha value is -1.27. The summed E-state index contributed by atoms with van der Waals surface area (Å²) in [7, 11) is 1.82. The Balaban J connectivity index is 0.00000264. The molecule has 0 saturated heterocycles. The summed E-state index contributed by atoms with van der Waals surface area (Å²) in [6.07, 6.45) is 1.64. The fourth-order valence-electron chi connectivity index (χ4n) is 2.02. The second-order valence-corrected chi connectivity index (χ2v) is 5.90. The zero-order valence-corrected chi connectivity index (χ0v) is 15.2. The van der Waals surface area contributed by atoms with E-state index in [4.69, 9.17) is 23.2 Å². The average molecular weight is 378 g/mol. The number of amides is 1. The Morgan fingerprint density at radius 1 is 1.35 bits per heavy atom. The molecule has 5 nitrogen and oxygen atoms in total. The number of anilines is 1. The van der Waals surface area contributed by atoms with Gasteiger partial charge in [0.25, 0.3) is 0 Å². The van der Waals surface area contributed by atoms with Gasteiger partial charge < -0.3 is 10.6 Å². The predicted octanol–water partition coefficient (Wildman–Crippen LogP) is 3.45. The quantitative estimate of drug-likeness (QED) is 0.810. The van der Waals surface area contributed by atoms with Crippen molar-refractivity contribution >= 4 is 47.3 Å². The minimum Gasteiger partial charge on any atom is -0.319 e. The highest BCUT2D eigenvalue weighted by Crippen LogP contribution is 2.22. The van der Waals surface area contributed by atoms with Gasteiger partial charge in [0.05, 0.1) is 12.7 Å². The van der Waals surface area contributed by atoms with Crippen molar-refractivity contribution in [2.24, 2.45) is 5.92 Å². The first-order valence-electron chi connectivity index (χ1n) is 6.92. The van der Waals surface area contributed by atoms with E-state index in [0.29, 0.717) is 29.0 Å². The molecule has 1 aromatic heterocycles. The number of hydrogen-bond acceptors (Lipinski definition) is 3. The number of carbonyl (C=O) groups excluding carboxylic acids is 1. The molecule has 0 bridgehead atoms. The molecule has 1 aromatic carbocycles. The SMILES string of the molecule is CNCC(C)C(=O)Nc1ccnn1Cc1ccc(Cl)cc1Cl.Cl. The van der Waals surface area contributed by atoms with Crippen molar-refractivity contribution in [1.29, 1.82) is 0 Å². The van der Waals surface area contributed by atoms with Gasteiger partial charge in [0.1, 0.15) is 5.82 Å². The van der Waals surface area contributed by atoms with E-state index < -0.39 is 0 Å². The Kier molecular flexibility index (Phi) is 7.85. The number of aromatic nitrogens is 2. The number of benzene rings is 1. The fraction of sp³-hybridized carbons (Fsp3) is 0.333. The second-order valence-electron chi connectivity index (χ2n) is 5.06. The van der Waals surface area contributed by atoms with E-state index >= 15 is 0 Å². The first-order chi connectivity index (χ1) is 10.5. The molecule has 0 aliphatic heterocycles. The molecule has 8 heteroatoms. The standard InChI is InChI=1S/C15H18Cl2N4O.ClH/c1-10(8-18-2)15(22)20-14-5-6-19-21(14)9-11-3-4-12(16)7-13(11)17;/h3-7,10,18H,8-9H2,1-2H3,(H,20,22);1H. The molecular weight excluding hydrogens is 359 g/mol. The van der Waals surface area contributed by atoms with Gasteiger partial charge in [0.15, 0.2) is 0 Å². The Morgan fingerprint density at radius 2 is 2.09 bits per heavy atom. The first kappa shape index (κ1) is 19.8. The Bertz CT molecular complexity index is 660. The van der Waals surface area contributed by atoms with E-state index in [1.807, 2.05) is 20.0 Å². The number of rotatable bonds is 6. The summed E-state index contributed by atoms with van der Waals surface area (Å²) in [6.45, 7) is 2.94. The molecule has 0 saturated carbocycles. The number of hydrogen-bond donors (Lipinski definition) is 2. The number of nitrogens with zero attached hydrogens (tertiary/aromatic N) is 2. The Labute approximate surface area is 151 Å². The van der Waals surface area contributed by atoms with Crippen molar-refractivity contribution in [3.8, 4) is 0 Å². The van der Waals surface area contributed by atoms with Gasteiger partial charge in [-0.1, -0.05) is 36.2 Å². The number of nitrogens with one attached hydrogen (secondary N) is 2. The monoisotopic (exact) mass is 376 g/mol. The van der Waals surface area contributed by atoms with Gasteiger partial charge in [-0.15, -0.1) is 12.4 Å². The molecule has 1 amide bonds. The molecule has 23 heavy (non-hydrogen) atoms. The summed E-state index contributed by atoms with van der Waals surface area (Å²) in [5.74, 6) is 0.449. The minimum atomic E-state index is -0.132. The van der Waals surface area contributed by atoms with Crippen molar-refractivity contribution in [3.63, 3.8) is 0 Å². The smallest absolute Gasteiger partial charge is 0.229 e. The maximum absolute atomic E-state index is 12.1. The highest BCUT2D eigenvalue weighted by Gasteiger charge is 2.14. The van der Waals surface area contributed by atoms with Crippen molar-refractivity contribution in [2.45, 2.75) is 13.5 Å². The molecule has 1 heterocycles. The molecule has 0 aliphatic carbocycles. The molecule has 126 valence electrons. The molecule has 0 aliphatic rings. The average Bonchev–Trinajstić information content (AvgIpc) is 2.89. The number of carbonyl (C=O) groups is 1. The van der Waals surface area contributed by atoms with Crippen molar-refractivity contribution < 1.29 is 4.79 Å². The van der Waals surface area contributed by atoms with E-state index in [0.717, 1.165) is 5.56 Å². The van der Waals surface area contributed by atoms with Gasteiger partial charge in [-0.25, -0.2) is 4.68 Å². The maximum atomic E-state index is 12.1. The molecular formula is C15H19Cl3N4O. The summed E-state index contributed by atoms with van der Waals surface area (Å²) in [4.78, 5) is 12.1. The van der Waals surface area contributed by atoms with Crippen molar-refractivity contribution in [1.82, 2.24) is 15.1 Å². The molecule has 2 rings (SSSR count). The zero-order chi connectivity index (χ0) is 16.1. The van der Waals surface area contributed by atoms with E-state index in [1.165, 1.54) is 0 Å². The minimum absolute atomic E-state index is 0. The van der Waals surface area contributed by atoms with Gasteiger partial charge in [-0.05, 0) is 24.7 Å². The van der Waals surface area contributed by atoms with Crippen LogP contribution in [0.5, 0.6) is 0 Å². The van der Waals surface area contributed by atoms with Gasteiger partial charge >= 0.3 is 0 Å². The third kappa shape index (κ3) is 5.39. The van der Waals surface area contributed by atoms with Gasteiger partial charge in [0.2, 0.25) is 5.91 Å². The molecule has 1 atom stereocenters. The molecule has 0 spiro atoms. The van der Waals surface area contributed by atoms with Crippen LogP contribution < -0.4 is 10.6 Å². The van der Waals surface area contributed by atoms with Crippen LogP contribution in [0.4, 0.5) is 5.82 Å². The van der Waals surface area contributed by atoms with Crippen LogP contribution in [0, 0.1) is 5.92 Å². The van der Waals surface area contributed by atoms with Crippen molar-refractivity contribution in [3.05, 3.63) is 46.1 Å². The highest BCUT2D eigenvalue weighted by atomic mass is 35.5. The Morgan fingerprint density at radius 3 is 2.74 bits per heavy atom. The number of halogens is 3. The molecule has 2 aromatic rings. The van der Waals surface area contributed by atoms with Crippen LogP contribution >= 0.6 is 35.6 Å². The van der Waals surface area contributed by atoms with Gasteiger partial charge in [-0.3, -0.25) is 4.79 Å². The van der Waals surface area contributed by atoms with E-state index in [2.05, 4.69) is 15.7 Å². The molecule has 0 fully saturated rings. The van der Waals surface area contributed by atoms with Crippen LogP contribution in [0.15, 0.2) is 30.5 Å². The van der Waals surface area contributed by atoms with Gasteiger partial charge in [0, 0.05) is 28.6 Å². The topological polar surface area (TPSA) is 59.0 Å². The normalized spacial score (nSPS) is 11.7. The van der Waals surface area contributed by atoms with Crippen LogP contribution in [0.25, 0.3) is 0 Å². The predicted molar refractivity (Wildman–Crippen MR) is 96.8 cm³/mol. The third-order valence-electron chi connectivity index (χ3n) is 3.26. The van der Waals surface area contributed by atoms with Crippen LogP contribution in [-0.4, -0.2) is 29.3 Å². The van der Waals surface area contributed by atoms with Crippen LogP contribution in [0.3, 0.4) is 0 Å². The first-order valence-corrected chi connectivity index (χ1v) is 7.68. The summed E-state index contributed by atoms with van der Waals surface area (Å²) >= 11 is 12.1. The largest absolute Gasteiger partial charge is 0.319 e. The van der Waals surface area contributed by atoms with Crippen molar-refractivity contribution in [2.75, 3.05) is 18.9 Å². The molecule has 0 radical (unpaired) electrons. The third-order valence-corrected chi connectivity index (χ3v) is 3.85. The van der Waals surface area contributed by atoms with Crippen LogP contribution in [-0.2, 0) is 11.3 Å². The van der Waals surface area contributed by atoms with Crippen LogP contribution in [0.2, 0.25) is 10.0 Å². The summed E-state index contributed by atoms with van der Waals surface area (Å²) in [5.41, 5.74) is 0.883. The fourth-order valence-corrected chi connectivity index (χ4v) is 2.49.